The maximum Gasteiger partial charge on any atom is 0.385 e. The third-order valence-electron chi connectivity index (χ3n) is 2.36. The summed E-state index contributed by atoms with van der Waals surface area (Å²) in [6, 6.07) is 1.38. The molecule has 1 aromatic heterocycles. The van der Waals surface area contributed by atoms with Crippen LogP contribution in [0.2, 0.25) is 0 Å². The van der Waals surface area contributed by atoms with Crippen molar-refractivity contribution in [1.82, 2.24) is 0 Å². The Kier molecular flexibility index (Phi) is 6.88. The van der Waals surface area contributed by atoms with E-state index in [2.05, 4.69) is 31.9 Å². The molecule has 10 heteroatoms. The fourth-order valence-corrected chi connectivity index (χ4v) is 2.10. The van der Waals surface area contributed by atoms with Crippen LogP contribution in [-0.4, -0.2) is 25.3 Å². The smallest absolute Gasteiger partial charge is 0.385 e. The Balaban J connectivity index is 0.000000220. The molecule has 1 aromatic rings. The highest BCUT2D eigenvalue weighted by molar-refractivity contribution is 9.11. The maximum absolute atomic E-state index is 12.7. The molecular weight excluding hydrogens is 434 g/mol. The molecule has 0 spiro atoms. The second-order valence-electron chi connectivity index (χ2n) is 3.80. The minimum Gasteiger partial charge on any atom is -0.616 e. The summed E-state index contributed by atoms with van der Waals surface area (Å²) >= 11 is 5.76. The molecule has 6 nitrogen and oxygen atoms in total. The van der Waals surface area contributed by atoms with Crippen LogP contribution in [0.3, 0.4) is 0 Å². The first-order chi connectivity index (χ1) is 10.3. The van der Waals surface area contributed by atoms with Crippen molar-refractivity contribution < 1.29 is 27.7 Å². The second-order valence-corrected chi connectivity index (χ2v) is 5.57. The molecular formula is C12H11Br2F2N2O4+. The van der Waals surface area contributed by atoms with Gasteiger partial charge in [-0.1, -0.05) is 0 Å². The Morgan fingerprint density at radius 3 is 2.41 bits per heavy atom. The van der Waals surface area contributed by atoms with E-state index in [1.165, 1.54) is 26.4 Å². The topological polar surface area (TPSA) is 65.5 Å². The fraction of sp³-hybridized carbons (Fsp3) is 0.250. The van der Waals surface area contributed by atoms with Crippen LogP contribution in [0.5, 0.6) is 5.75 Å². The van der Waals surface area contributed by atoms with Gasteiger partial charge in [-0.25, -0.2) is 0 Å². The van der Waals surface area contributed by atoms with Crippen molar-refractivity contribution in [2.24, 2.45) is 0 Å². The third-order valence-corrected chi connectivity index (χ3v) is 3.52. The van der Waals surface area contributed by atoms with Crippen LogP contribution in [0, 0.1) is 16.1 Å². The van der Waals surface area contributed by atoms with Crippen molar-refractivity contribution in [3.8, 4) is 5.75 Å². The summed E-state index contributed by atoms with van der Waals surface area (Å²) < 4.78 is 35.3. The third kappa shape index (κ3) is 4.73. The SMILES string of the molecule is COC1=C[N+](=O)C(F)C(Br)=C1.COc1cc(Br)c(F)[n+]([O-])c1. The number of methoxy groups -OCH3 is 2. The molecule has 0 radical (unpaired) electrons. The highest BCUT2D eigenvalue weighted by Gasteiger charge is 2.31. The molecule has 0 saturated heterocycles. The number of hydrogen-bond donors (Lipinski definition) is 0. The van der Waals surface area contributed by atoms with E-state index in [1.54, 1.807) is 0 Å². The normalized spacial score (nSPS) is 17.0. The fourth-order valence-electron chi connectivity index (χ4n) is 1.28. The highest BCUT2D eigenvalue weighted by atomic mass is 79.9. The van der Waals surface area contributed by atoms with Crippen molar-refractivity contribution in [1.29, 1.82) is 0 Å². The molecule has 1 aliphatic heterocycles. The van der Waals surface area contributed by atoms with Crippen molar-refractivity contribution >= 4 is 31.9 Å². The molecule has 0 bridgehead atoms. The number of ether oxygens (including phenoxy) is 2. The van der Waals surface area contributed by atoms with E-state index < -0.39 is 12.2 Å². The van der Waals surface area contributed by atoms with Crippen LogP contribution in [-0.2, 0) is 4.74 Å². The van der Waals surface area contributed by atoms with E-state index in [4.69, 9.17) is 9.47 Å². The van der Waals surface area contributed by atoms with Crippen LogP contribution < -0.4 is 9.47 Å². The number of pyridine rings is 1. The van der Waals surface area contributed by atoms with Gasteiger partial charge >= 0.3 is 12.2 Å². The molecule has 0 amide bonds. The summed E-state index contributed by atoms with van der Waals surface area (Å²) in [5, 5.41) is 10.7. The van der Waals surface area contributed by atoms with E-state index in [-0.39, 0.29) is 18.4 Å². The summed E-state index contributed by atoms with van der Waals surface area (Å²) in [7, 11) is 2.81. The Morgan fingerprint density at radius 2 is 1.95 bits per heavy atom. The van der Waals surface area contributed by atoms with E-state index >= 15 is 0 Å². The van der Waals surface area contributed by atoms with Gasteiger partial charge in [-0.2, -0.15) is 4.39 Å². The largest absolute Gasteiger partial charge is 0.616 e. The molecule has 1 unspecified atom stereocenters. The number of nitroso groups, excluding NO2 is 1. The summed E-state index contributed by atoms with van der Waals surface area (Å²) in [5.74, 6) is -0.222. The summed E-state index contributed by atoms with van der Waals surface area (Å²) in [6.45, 7) is 0. The van der Waals surface area contributed by atoms with Gasteiger partial charge in [0.05, 0.1) is 19.0 Å². The zero-order valence-electron chi connectivity index (χ0n) is 11.4. The lowest BCUT2D eigenvalue weighted by Crippen LogP contribution is -2.30. The minimum atomic E-state index is -1.64. The Hall–Kier alpha value is -1.55. The Labute approximate surface area is 141 Å². The van der Waals surface area contributed by atoms with Crippen LogP contribution >= 0.6 is 31.9 Å². The first-order valence-corrected chi connectivity index (χ1v) is 7.23. The zero-order chi connectivity index (χ0) is 16.9. The lowest BCUT2D eigenvalue weighted by molar-refractivity contribution is -0.638. The standard InChI is InChI=1S/C6H6BrFNO2.C6H5BrFNO2/c2*1-11-4-2-5(7)6(8)9(10)3-4/h2-3,6H,1H3;2-3H,1H3/q+1;. The number of nitrogens with zero attached hydrogens (tertiary/aromatic N) is 2. The van der Waals surface area contributed by atoms with Gasteiger partial charge in [0.25, 0.3) is 6.20 Å². The van der Waals surface area contributed by atoms with Gasteiger partial charge < -0.3 is 14.7 Å². The van der Waals surface area contributed by atoms with Crippen LogP contribution in [0.15, 0.2) is 39.3 Å². The maximum atomic E-state index is 12.7. The van der Waals surface area contributed by atoms with Gasteiger partial charge in [-0.15, -0.1) is 9.12 Å². The molecule has 2 rings (SSSR count). The van der Waals surface area contributed by atoms with E-state index in [0.29, 0.717) is 11.5 Å². The van der Waals surface area contributed by atoms with Crippen molar-refractivity contribution in [2.75, 3.05) is 14.2 Å². The molecule has 0 saturated carbocycles. The first kappa shape index (κ1) is 18.5. The number of rotatable bonds is 2. The lowest BCUT2D eigenvalue weighted by Gasteiger charge is -2.04. The molecule has 0 aromatic carbocycles. The summed E-state index contributed by atoms with van der Waals surface area (Å²) in [5.41, 5.74) is 0. The van der Waals surface area contributed by atoms with Crippen molar-refractivity contribution in [3.63, 3.8) is 0 Å². The van der Waals surface area contributed by atoms with Gasteiger partial charge in [-0.3, -0.25) is 0 Å². The average molecular weight is 445 g/mol. The van der Waals surface area contributed by atoms with Gasteiger partial charge in [0.1, 0.15) is 8.96 Å². The quantitative estimate of drug-likeness (QED) is 0.304. The van der Waals surface area contributed by atoms with Gasteiger partial charge in [0.15, 0.2) is 11.5 Å². The summed E-state index contributed by atoms with van der Waals surface area (Å²) in [6.07, 6.45) is 1.84. The highest BCUT2D eigenvalue weighted by Crippen LogP contribution is 2.22. The van der Waals surface area contributed by atoms with Crippen molar-refractivity contribution in [2.45, 2.75) is 6.30 Å². The molecule has 2 heterocycles. The molecule has 1 aliphatic rings. The summed E-state index contributed by atoms with van der Waals surface area (Å²) in [4.78, 5) is 10.7. The molecule has 22 heavy (non-hydrogen) atoms. The van der Waals surface area contributed by atoms with Gasteiger partial charge in [0.2, 0.25) is 6.20 Å². The molecule has 0 N–H and O–H groups in total. The van der Waals surface area contributed by atoms with Crippen LogP contribution in [0.25, 0.3) is 0 Å². The average Bonchev–Trinajstić information content (AvgIpc) is 2.49. The van der Waals surface area contributed by atoms with E-state index in [9.17, 15) is 18.9 Å². The van der Waals surface area contributed by atoms with Crippen LogP contribution in [0.4, 0.5) is 8.78 Å². The Bertz CT molecular complexity index is 615. The van der Waals surface area contributed by atoms with Gasteiger partial charge in [0, 0.05) is 17.0 Å². The second kappa shape index (κ2) is 8.18. The van der Waals surface area contributed by atoms with E-state index in [0.717, 1.165) is 12.4 Å². The van der Waals surface area contributed by atoms with Gasteiger partial charge in [-0.05, 0) is 31.9 Å². The predicted molar refractivity (Wildman–Crippen MR) is 80.2 cm³/mol. The van der Waals surface area contributed by atoms with E-state index in [1.807, 2.05) is 0 Å². The lowest BCUT2D eigenvalue weighted by atomic mass is 10.3. The molecule has 0 aliphatic carbocycles. The Morgan fingerprint density at radius 1 is 1.32 bits per heavy atom. The molecule has 1 atom stereocenters. The number of alkyl halides is 1. The monoisotopic (exact) mass is 443 g/mol. The predicted octanol–water partition coefficient (Wildman–Crippen LogP) is 3.07. The minimum absolute atomic E-state index is 0.0897. The number of halogens is 4. The first-order valence-electron chi connectivity index (χ1n) is 5.64. The zero-order valence-corrected chi connectivity index (χ0v) is 14.6. The van der Waals surface area contributed by atoms with Crippen molar-refractivity contribution in [3.05, 3.63) is 55.3 Å². The number of aromatic nitrogens is 1. The molecule has 120 valence electrons. The number of allylic oxidation sites excluding steroid dienone is 1. The molecule has 0 fully saturated rings. The van der Waals surface area contributed by atoms with Crippen LogP contribution in [0.1, 0.15) is 0 Å². The number of hydrogen-bond acceptors (Lipinski definition) is 4.